The van der Waals surface area contributed by atoms with Crippen LogP contribution in [0.25, 0.3) is 6.08 Å². The first-order valence-electron chi connectivity index (χ1n) is 6.97. The smallest absolute Gasteiger partial charge is 0.277 e. The molecule has 0 heterocycles. The molecule has 22 heavy (non-hydrogen) atoms. The van der Waals surface area contributed by atoms with Gasteiger partial charge in [-0.3, -0.25) is 4.79 Å². The fraction of sp³-hybridized carbons (Fsp3) is 0.111. The number of nitrogens with one attached hydrogen (secondary N) is 1. The first-order chi connectivity index (χ1) is 10.7. The number of rotatable bonds is 6. The molecule has 0 aliphatic carbocycles. The molecule has 0 saturated heterocycles. The van der Waals surface area contributed by atoms with Crippen LogP contribution in [0.5, 0.6) is 5.75 Å². The van der Waals surface area contributed by atoms with E-state index in [0.717, 1.165) is 11.1 Å². The summed E-state index contributed by atoms with van der Waals surface area (Å²) >= 11 is 0. The minimum atomic E-state index is -0.301. The molecule has 1 amide bonds. The Balaban J connectivity index is 1.70. The zero-order valence-electron chi connectivity index (χ0n) is 12.4. The minimum Gasteiger partial charge on any atom is -0.484 e. The van der Waals surface area contributed by atoms with Crippen molar-refractivity contribution in [3.8, 4) is 5.75 Å². The van der Waals surface area contributed by atoms with Gasteiger partial charge >= 0.3 is 0 Å². The summed E-state index contributed by atoms with van der Waals surface area (Å²) in [6, 6.07) is 17.4. The molecular weight excluding hydrogens is 276 g/mol. The van der Waals surface area contributed by atoms with E-state index in [1.54, 1.807) is 6.08 Å². The number of amides is 1. The molecule has 2 aromatic rings. The van der Waals surface area contributed by atoms with E-state index < -0.39 is 0 Å². The summed E-state index contributed by atoms with van der Waals surface area (Å²) in [5.74, 6) is 0.360. The van der Waals surface area contributed by atoms with Gasteiger partial charge in [0.2, 0.25) is 0 Å². The van der Waals surface area contributed by atoms with E-state index in [-0.39, 0.29) is 12.5 Å². The Kier molecular flexibility index (Phi) is 5.93. The third-order valence-corrected chi connectivity index (χ3v) is 2.83. The van der Waals surface area contributed by atoms with Crippen LogP contribution in [0, 0.1) is 6.92 Å². The van der Waals surface area contributed by atoms with Crippen LogP contribution in [-0.2, 0) is 4.79 Å². The molecule has 0 bridgehead atoms. The molecule has 0 fully saturated rings. The quantitative estimate of drug-likeness (QED) is 0.657. The summed E-state index contributed by atoms with van der Waals surface area (Å²) in [6.07, 6.45) is 5.19. The van der Waals surface area contributed by atoms with Crippen molar-refractivity contribution in [2.45, 2.75) is 6.92 Å². The van der Waals surface area contributed by atoms with E-state index in [0.29, 0.717) is 5.75 Å². The van der Waals surface area contributed by atoms with Crippen LogP contribution < -0.4 is 10.2 Å². The average molecular weight is 294 g/mol. The van der Waals surface area contributed by atoms with Crippen LogP contribution >= 0.6 is 0 Å². The molecule has 0 radical (unpaired) electrons. The van der Waals surface area contributed by atoms with E-state index in [1.807, 2.05) is 67.6 Å². The summed E-state index contributed by atoms with van der Waals surface area (Å²) in [7, 11) is 0. The molecule has 0 saturated carbocycles. The van der Waals surface area contributed by atoms with Crippen molar-refractivity contribution in [1.82, 2.24) is 5.43 Å². The molecule has 0 aliphatic rings. The van der Waals surface area contributed by atoms with Crippen molar-refractivity contribution in [3.63, 3.8) is 0 Å². The number of hydrazone groups is 1. The number of nitrogens with zero attached hydrogens (tertiary/aromatic N) is 1. The van der Waals surface area contributed by atoms with E-state index in [9.17, 15) is 4.79 Å². The first-order valence-corrected chi connectivity index (χ1v) is 6.97. The van der Waals surface area contributed by atoms with E-state index >= 15 is 0 Å². The highest BCUT2D eigenvalue weighted by molar-refractivity contribution is 5.81. The highest BCUT2D eigenvalue weighted by Gasteiger charge is 2.00. The Morgan fingerprint density at radius 2 is 1.86 bits per heavy atom. The highest BCUT2D eigenvalue weighted by Crippen LogP contribution is 2.10. The Bertz CT molecular complexity index is 647. The summed E-state index contributed by atoms with van der Waals surface area (Å²) in [6.45, 7) is 1.93. The fourth-order valence-corrected chi connectivity index (χ4v) is 1.69. The third-order valence-electron chi connectivity index (χ3n) is 2.83. The number of aryl methyl sites for hydroxylation is 1. The van der Waals surface area contributed by atoms with Crippen LogP contribution in [0.1, 0.15) is 11.1 Å². The lowest BCUT2D eigenvalue weighted by atomic mass is 10.2. The van der Waals surface area contributed by atoms with Crippen molar-refractivity contribution < 1.29 is 9.53 Å². The molecule has 0 atom stereocenters. The van der Waals surface area contributed by atoms with Crippen LogP contribution in [0.3, 0.4) is 0 Å². The van der Waals surface area contributed by atoms with Gasteiger partial charge in [0, 0.05) is 6.21 Å². The highest BCUT2D eigenvalue weighted by atomic mass is 16.5. The van der Waals surface area contributed by atoms with Gasteiger partial charge in [0.1, 0.15) is 5.75 Å². The van der Waals surface area contributed by atoms with Gasteiger partial charge in [0.25, 0.3) is 5.91 Å². The van der Waals surface area contributed by atoms with Gasteiger partial charge < -0.3 is 4.74 Å². The van der Waals surface area contributed by atoms with E-state index in [2.05, 4.69) is 10.5 Å². The van der Waals surface area contributed by atoms with Gasteiger partial charge in [-0.05, 0) is 30.7 Å². The number of carbonyl (C=O) groups excluding carboxylic acids is 1. The molecule has 1 N–H and O–H groups in total. The first kappa shape index (κ1) is 15.5. The van der Waals surface area contributed by atoms with Gasteiger partial charge in [0.15, 0.2) is 6.61 Å². The van der Waals surface area contributed by atoms with Gasteiger partial charge in [-0.2, -0.15) is 5.10 Å². The average Bonchev–Trinajstić information content (AvgIpc) is 2.55. The lowest BCUT2D eigenvalue weighted by molar-refractivity contribution is -0.123. The predicted molar refractivity (Wildman–Crippen MR) is 88.8 cm³/mol. The van der Waals surface area contributed by atoms with E-state index in [1.165, 1.54) is 6.21 Å². The maximum atomic E-state index is 11.5. The number of hydrogen-bond donors (Lipinski definition) is 1. The maximum Gasteiger partial charge on any atom is 0.277 e. The SMILES string of the molecule is Cc1ccc(OCC(=O)NN=CC=Cc2ccccc2)cc1. The second-order valence-electron chi connectivity index (χ2n) is 4.68. The summed E-state index contributed by atoms with van der Waals surface area (Å²) in [5, 5.41) is 3.82. The van der Waals surface area contributed by atoms with Crippen molar-refractivity contribution in [3.05, 3.63) is 71.8 Å². The zero-order valence-corrected chi connectivity index (χ0v) is 12.4. The summed E-state index contributed by atoms with van der Waals surface area (Å²) in [5.41, 5.74) is 4.62. The molecule has 112 valence electrons. The molecule has 0 unspecified atom stereocenters. The van der Waals surface area contributed by atoms with Crippen molar-refractivity contribution in [2.24, 2.45) is 5.10 Å². The lowest BCUT2D eigenvalue weighted by Crippen LogP contribution is -2.24. The topological polar surface area (TPSA) is 50.7 Å². The Morgan fingerprint density at radius 3 is 2.59 bits per heavy atom. The number of carbonyl (C=O) groups is 1. The predicted octanol–water partition coefficient (Wildman–Crippen LogP) is 3.19. The van der Waals surface area contributed by atoms with Crippen molar-refractivity contribution in [2.75, 3.05) is 6.61 Å². The normalized spacial score (nSPS) is 11.0. The Labute approximate surface area is 130 Å². The van der Waals surface area contributed by atoms with E-state index in [4.69, 9.17) is 4.74 Å². The molecule has 4 nitrogen and oxygen atoms in total. The largest absolute Gasteiger partial charge is 0.484 e. The molecule has 4 heteroatoms. The molecule has 0 aromatic heterocycles. The van der Waals surface area contributed by atoms with Gasteiger partial charge in [-0.1, -0.05) is 54.1 Å². The summed E-state index contributed by atoms with van der Waals surface area (Å²) < 4.78 is 5.35. The van der Waals surface area contributed by atoms with Crippen LogP contribution in [0.4, 0.5) is 0 Å². The standard InChI is InChI=1S/C18H18N2O2/c1-15-9-11-17(12-10-15)22-14-18(21)20-19-13-5-8-16-6-3-2-4-7-16/h2-13H,14H2,1H3,(H,20,21). The molecular formula is C18H18N2O2. The van der Waals surface area contributed by atoms with Gasteiger partial charge in [-0.25, -0.2) is 5.43 Å². The molecule has 2 aromatic carbocycles. The zero-order chi connectivity index (χ0) is 15.6. The van der Waals surface area contributed by atoms with Gasteiger partial charge in [-0.15, -0.1) is 0 Å². The van der Waals surface area contributed by atoms with Gasteiger partial charge in [0.05, 0.1) is 0 Å². The number of ether oxygens (including phenoxy) is 1. The minimum absolute atomic E-state index is 0.0667. The Morgan fingerprint density at radius 1 is 1.14 bits per heavy atom. The second-order valence-corrected chi connectivity index (χ2v) is 4.68. The van der Waals surface area contributed by atoms with Crippen LogP contribution in [0.15, 0.2) is 65.8 Å². The fourth-order valence-electron chi connectivity index (χ4n) is 1.69. The summed E-state index contributed by atoms with van der Waals surface area (Å²) in [4.78, 5) is 11.5. The van der Waals surface area contributed by atoms with Crippen molar-refractivity contribution >= 4 is 18.2 Å². The number of hydrogen-bond acceptors (Lipinski definition) is 3. The third kappa shape index (κ3) is 5.63. The molecule has 0 spiro atoms. The monoisotopic (exact) mass is 294 g/mol. The van der Waals surface area contributed by atoms with Crippen molar-refractivity contribution in [1.29, 1.82) is 0 Å². The van der Waals surface area contributed by atoms with Crippen LogP contribution in [0.2, 0.25) is 0 Å². The number of benzene rings is 2. The lowest BCUT2D eigenvalue weighted by Gasteiger charge is -2.04. The second kappa shape index (κ2) is 8.42. The molecule has 0 aliphatic heterocycles. The number of allylic oxidation sites excluding steroid dienone is 1. The Hall–Kier alpha value is -2.88. The maximum absolute atomic E-state index is 11.5. The molecule has 2 rings (SSSR count). The van der Waals surface area contributed by atoms with Crippen LogP contribution in [-0.4, -0.2) is 18.7 Å².